The van der Waals surface area contributed by atoms with Gasteiger partial charge in [0.1, 0.15) is 5.75 Å². The molecular formula is C23H21N3O2S2. The van der Waals surface area contributed by atoms with E-state index in [0.29, 0.717) is 23.8 Å². The summed E-state index contributed by atoms with van der Waals surface area (Å²) in [5.74, 6) is 1.52. The number of benzene rings is 2. The average molecular weight is 436 g/mol. The topological polar surface area (TPSA) is 55.3 Å². The van der Waals surface area contributed by atoms with Crippen LogP contribution in [0.3, 0.4) is 0 Å². The van der Waals surface area contributed by atoms with E-state index in [1.807, 2.05) is 54.6 Å². The van der Waals surface area contributed by atoms with Crippen molar-refractivity contribution >= 4 is 44.4 Å². The van der Waals surface area contributed by atoms with Gasteiger partial charge in [0.2, 0.25) is 5.91 Å². The Bertz CT molecular complexity index is 1120. The third-order valence-corrected chi connectivity index (χ3v) is 6.55. The normalized spacial score (nSPS) is 10.8. The fourth-order valence-electron chi connectivity index (χ4n) is 2.96. The first kappa shape index (κ1) is 20.4. The Labute approximate surface area is 183 Å². The number of nitrogens with zero attached hydrogens (tertiary/aromatic N) is 3. The molecule has 0 saturated carbocycles. The maximum atomic E-state index is 13.2. The van der Waals surface area contributed by atoms with Crippen LogP contribution in [0.5, 0.6) is 5.75 Å². The van der Waals surface area contributed by atoms with Crippen molar-refractivity contribution in [2.75, 3.05) is 17.8 Å². The fourth-order valence-corrected chi connectivity index (χ4v) is 4.83. The van der Waals surface area contributed by atoms with Gasteiger partial charge in [-0.15, -0.1) is 11.8 Å². The Morgan fingerprint density at radius 3 is 2.70 bits per heavy atom. The van der Waals surface area contributed by atoms with Gasteiger partial charge in [0.15, 0.2) is 5.13 Å². The van der Waals surface area contributed by atoms with Gasteiger partial charge in [0.05, 0.1) is 29.6 Å². The van der Waals surface area contributed by atoms with Gasteiger partial charge >= 0.3 is 0 Å². The van der Waals surface area contributed by atoms with Crippen molar-refractivity contribution in [3.8, 4) is 5.75 Å². The number of thioether (sulfide) groups is 1. The molecule has 0 spiro atoms. The molecule has 0 saturated heterocycles. The molecule has 4 rings (SSSR count). The molecule has 0 fully saturated rings. The molecule has 152 valence electrons. The van der Waals surface area contributed by atoms with Crippen molar-refractivity contribution in [2.24, 2.45) is 0 Å². The average Bonchev–Trinajstić information content (AvgIpc) is 3.21. The minimum atomic E-state index is 0.0371. The Balaban J connectivity index is 1.55. The van der Waals surface area contributed by atoms with Gasteiger partial charge in [-0.1, -0.05) is 35.6 Å². The van der Waals surface area contributed by atoms with Crippen molar-refractivity contribution in [1.29, 1.82) is 0 Å². The molecule has 0 aliphatic carbocycles. The highest BCUT2D eigenvalue weighted by Gasteiger charge is 2.21. The summed E-state index contributed by atoms with van der Waals surface area (Å²) < 4.78 is 6.30. The summed E-state index contributed by atoms with van der Waals surface area (Å²) in [5.41, 5.74) is 1.69. The zero-order chi connectivity index (χ0) is 20.8. The number of hydrogen-bond acceptors (Lipinski definition) is 6. The van der Waals surface area contributed by atoms with Gasteiger partial charge < -0.3 is 4.74 Å². The van der Waals surface area contributed by atoms with Crippen LogP contribution < -0.4 is 9.64 Å². The molecule has 30 heavy (non-hydrogen) atoms. The van der Waals surface area contributed by atoms with Gasteiger partial charge in [0.25, 0.3) is 0 Å². The monoisotopic (exact) mass is 435 g/mol. The van der Waals surface area contributed by atoms with Crippen LogP contribution >= 0.6 is 23.1 Å². The summed E-state index contributed by atoms with van der Waals surface area (Å²) in [4.78, 5) is 25.2. The number of hydrogen-bond donors (Lipinski definition) is 0. The van der Waals surface area contributed by atoms with Gasteiger partial charge in [-0.2, -0.15) is 0 Å². The number of carbonyl (C=O) groups excluding carboxylic acids is 1. The second-order valence-electron chi connectivity index (χ2n) is 6.54. The molecule has 0 unspecified atom stereocenters. The minimum absolute atomic E-state index is 0.0371. The van der Waals surface area contributed by atoms with Crippen molar-refractivity contribution in [1.82, 2.24) is 9.97 Å². The van der Waals surface area contributed by atoms with Gasteiger partial charge in [-0.05, 0) is 42.5 Å². The van der Waals surface area contributed by atoms with E-state index in [1.54, 1.807) is 30.0 Å². The summed E-state index contributed by atoms with van der Waals surface area (Å²) in [6.45, 7) is 0.395. The van der Waals surface area contributed by atoms with Crippen LogP contribution in [-0.4, -0.2) is 28.7 Å². The van der Waals surface area contributed by atoms with Crippen LogP contribution in [0, 0.1) is 0 Å². The van der Waals surface area contributed by atoms with Gasteiger partial charge in [-0.3, -0.25) is 14.7 Å². The number of thiazole rings is 1. The number of amides is 1. The Morgan fingerprint density at radius 1 is 1.10 bits per heavy atom. The van der Waals surface area contributed by atoms with E-state index in [2.05, 4.69) is 17.1 Å². The number of fused-ring (bicyclic) bond motifs is 1. The maximum absolute atomic E-state index is 13.2. The molecule has 0 radical (unpaired) electrons. The summed E-state index contributed by atoms with van der Waals surface area (Å²) in [6.07, 6.45) is 2.16. The van der Waals surface area contributed by atoms with Crippen LogP contribution in [0.25, 0.3) is 10.2 Å². The van der Waals surface area contributed by atoms with Crippen LogP contribution in [0.2, 0.25) is 0 Å². The highest BCUT2D eigenvalue weighted by atomic mass is 32.2. The molecule has 5 nitrogen and oxygen atoms in total. The highest BCUT2D eigenvalue weighted by Crippen LogP contribution is 2.32. The lowest BCUT2D eigenvalue weighted by molar-refractivity contribution is -0.118. The third kappa shape index (κ3) is 4.98. The molecule has 0 bridgehead atoms. The summed E-state index contributed by atoms with van der Waals surface area (Å²) >= 11 is 3.17. The summed E-state index contributed by atoms with van der Waals surface area (Å²) in [5, 5.41) is 0.679. The van der Waals surface area contributed by atoms with E-state index in [4.69, 9.17) is 9.72 Å². The lowest BCUT2D eigenvalue weighted by Crippen LogP contribution is -2.30. The summed E-state index contributed by atoms with van der Waals surface area (Å²) in [6, 6.07) is 21.6. The van der Waals surface area contributed by atoms with E-state index in [1.165, 1.54) is 11.3 Å². The Morgan fingerprint density at radius 2 is 1.93 bits per heavy atom. The number of anilines is 1. The second kappa shape index (κ2) is 9.73. The zero-order valence-corrected chi connectivity index (χ0v) is 18.2. The molecule has 2 heterocycles. The molecule has 0 aliphatic heterocycles. The van der Waals surface area contributed by atoms with Crippen LogP contribution in [0.1, 0.15) is 12.1 Å². The zero-order valence-electron chi connectivity index (χ0n) is 16.5. The predicted molar refractivity (Wildman–Crippen MR) is 123 cm³/mol. The second-order valence-corrected chi connectivity index (χ2v) is 8.72. The van der Waals surface area contributed by atoms with E-state index in [0.717, 1.165) is 26.6 Å². The molecular weight excluding hydrogens is 414 g/mol. The first-order valence-electron chi connectivity index (χ1n) is 9.55. The first-order chi connectivity index (χ1) is 14.7. The van der Waals surface area contributed by atoms with Crippen molar-refractivity contribution in [3.63, 3.8) is 0 Å². The first-order valence-corrected chi connectivity index (χ1v) is 11.4. The Hall–Kier alpha value is -2.90. The van der Waals surface area contributed by atoms with Crippen molar-refractivity contribution in [3.05, 3.63) is 78.6 Å². The van der Waals surface area contributed by atoms with Crippen LogP contribution in [-0.2, 0) is 11.3 Å². The highest BCUT2D eigenvalue weighted by molar-refractivity contribution is 7.99. The number of rotatable bonds is 8. The van der Waals surface area contributed by atoms with E-state index < -0.39 is 0 Å². The fraction of sp³-hybridized carbons (Fsp3) is 0.174. The third-order valence-electron chi connectivity index (χ3n) is 4.49. The smallest absolute Gasteiger partial charge is 0.229 e. The lowest BCUT2D eigenvalue weighted by atomic mass is 10.3. The largest absolute Gasteiger partial charge is 0.497 e. The number of aromatic nitrogens is 2. The molecule has 2 aromatic heterocycles. The minimum Gasteiger partial charge on any atom is -0.497 e. The molecule has 2 aromatic carbocycles. The van der Waals surface area contributed by atoms with Gasteiger partial charge in [-0.25, -0.2) is 4.98 Å². The molecule has 0 aliphatic rings. The van der Waals surface area contributed by atoms with E-state index >= 15 is 0 Å². The van der Waals surface area contributed by atoms with Crippen LogP contribution in [0.15, 0.2) is 77.8 Å². The standard InChI is InChI=1S/C23H21N3O2S2/c1-28-18-10-11-20-21(15-18)30-23(25-20)26(16-17-7-5-6-13-24-17)22(27)12-14-29-19-8-3-2-4-9-19/h2-11,13,15H,12,14,16H2,1H3. The van der Waals surface area contributed by atoms with Crippen LogP contribution in [0.4, 0.5) is 5.13 Å². The number of methoxy groups -OCH3 is 1. The van der Waals surface area contributed by atoms with Crippen molar-refractivity contribution in [2.45, 2.75) is 17.9 Å². The number of ether oxygens (including phenoxy) is 1. The molecule has 7 heteroatoms. The summed E-state index contributed by atoms with van der Waals surface area (Å²) in [7, 11) is 1.64. The molecule has 0 atom stereocenters. The number of pyridine rings is 1. The molecule has 0 N–H and O–H groups in total. The lowest BCUT2D eigenvalue weighted by Gasteiger charge is -2.19. The Kier molecular flexibility index (Phi) is 6.61. The maximum Gasteiger partial charge on any atom is 0.229 e. The van der Waals surface area contributed by atoms with Crippen molar-refractivity contribution < 1.29 is 9.53 Å². The SMILES string of the molecule is COc1ccc2nc(N(Cc3ccccn3)C(=O)CCSc3ccccc3)sc2c1. The number of carbonyl (C=O) groups is 1. The van der Waals surface area contributed by atoms with E-state index in [-0.39, 0.29) is 5.91 Å². The molecule has 1 amide bonds. The molecule has 4 aromatic rings. The van der Waals surface area contributed by atoms with Gasteiger partial charge in [0, 0.05) is 23.3 Å². The quantitative estimate of drug-likeness (QED) is 0.346. The van der Waals surface area contributed by atoms with E-state index in [9.17, 15) is 4.79 Å². The predicted octanol–water partition coefficient (Wildman–Crippen LogP) is 5.42.